The van der Waals surface area contributed by atoms with Gasteiger partial charge in [-0.2, -0.15) is 0 Å². The van der Waals surface area contributed by atoms with Crippen molar-refractivity contribution in [3.05, 3.63) is 29.8 Å². The molecule has 0 aromatic heterocycles. The summed E-state index contributed by atoms with van der Waals surface area (Å²) < 4.78 is 0. The van der Waals surface area contributed by atoms with Gasteiger partial charge in [0.2, 0.25) is 5.91 Å². The third-order valence-corrected chi connectivity index (χ3v) is 2.40. The highest BCUT2D eigenvalue weighted by molar-refractivity contribution is 5.93. The highest BCUT2D eigenvalue weighted by Gasteiger charge is 2.21. The van der Waals surface area contributed by atoms with Gasteiger partial charge in [-0.05, 0) is 24.1 Å². The molecule has 0 aliphatic rings. The molecule has 0 radical (unpaired) electrons. The van der Waals surface area contributed by atoms with E-state index in [1.54, 1.807) is 24.3 Å². The third kappa shape index (κ3) is 3.48. The molecule has 0 aliphatic heterocycles. The number of aliphatic carboxylic acids is 1. The minimum absolute atomic E-state index is 0.0651. The zero-order chi connectivity index (χ0) is 13.0. The highest BCUT2D eigenvalue weighted by Crippen LogP contribution is 2.14. The minimum Gasteiger partial charge on any atom is -0.480 e. The van der Waals surface area contributed by atoms with E-state index >= 15 is 0 Å². The molecule has 5 heteroatoms. The Morgan fingerprint density at radius 2 is 2.00 bits per heavy atom. The Kier molecular flexibility index (Phi) is 4.09. The lowest BCUT2D eigenvalue weighted by Crippen LogP contribution is -2.34. The molecular weight excluding hydrogens is 220 g/mol. The molecule has 0 heterocycles. The lowest BCUT2D eigenvalue weighted by molar-refractivity contribution is -0.138. The van der Waals surface area contributed by atoms with Gasteiger partial charge in [-0.15, -0.1) is 0 Å². The average Bonchev–Trinajstić information content (AvgIpc) is 2.25. The van der Waals surface area contributed by atoms with E-state index in [1.807, 2.05) is 13.8 Å². The molecule has 1 unspecified atom stereocenters. The van der Waals surface area contributed by atoms with E-state index in [2.05, 4.69) is 5.32 Å². The Morgan fingerprint density at radius 3 is 2.47 bits per heavy atom. The van der Waals surface area contributed by atoms with E-state index in [1.165, 1.54) is 0 Å². The Bertz CT molecular complexity index is 430. The summed E-state index contributed by atoms with van der Waals surface area (Å²) in [6, 6.07) is 5.78. The fraction of sp³-hybridized carbons (Fsp3) is 0.333. The van der Waals surface area contributed by atoms with Gasteiger partial charge in [-0.25, -0.2) is 4.79 Å². The first-order chi connectivity index (χ1) is 7.91. The molecule has 0 spiro atoms. The predicted octanol–water partition coefficient (Wildman–Crippen LogP) is 1.31. The first-order valence-corrected chi connectivity index (χ1v) is 5.31. The number of primary amides is 1. The summed E-state index contributed by atoms with van der Waals surface area (Å²) >= 11 is 0. The van der Waals surface area contributed by atoms with Crippen LogP contribution in [0.5, 0.6) is 0 Å². The van der Waals surface area contributed by atoms with Crippen LogP contribution in [0.3, 0.4) is 0 Å². The lowest BCUT2D eigenvalue weighted by atomic mass is 10.0. The van der Waals surface area contributed by atoms with Crippen molar-refractivity contribution in [1.29, 1.82) is 0 Å². The zero-order valence-corrected chi connectivity index (χ0v) is 9.81. The molecule has 4 N–H and O–H groups in total. The van der Waals surface area contributed by atoms with Crippen LogP contribution in [-0.2, 0) is 4.79 Å². The summed E-state index contributed by atoms with van der Waals surface area (Å²) in [7, 11) is 0. The van der Waals surface area contributed by atoms with Crippen molar-refractivity contribution in [2.75, 3.05) is 5.32 Å². The van der Waals surface area contributed by atoms with Gasteiger partial charge in [0.15, 0.2) is 0 Å². The maximum absolute atomic E-state index is 11.0. The van der Waals surface area contributed by atoms with E-state index in [9.17, 15) is 9.59 Å². The normalized spacial score (nSPS) is 12.2. The van der Waals surface area contributed by atoms with Crippen molar-refractivity contribution in [3.8, 4) is 0 Å². The molecular formula is C12H16N2O3. The Labute approximate surface area is 99.6 Å². The summed E-state index contributed by atoms with van der Waals surface area (Å²) in [5.74, 6) is -1.53. The number of hydrogen-bond donors (Lipinski definition) is 3. The van der Waals surface area contributed by atoms with Gasteiger partial charge in [0.25, 0.3) is 0 Å². The van der Waals surface area contributed by atoms with Crippen molar-refractivity contribution in [3.63, 3.8) is 0 Å². The molecule has 92 valence electrons. The zero-order valence-electron chi connectivity index (χ0n) is 9.81. The molecule has 0 saturated heterocycles. The van der Waals surface area contributed by atoms with Crippen LogP contribution in [0.1, 0.15) is 24.2 Å². The predicted molar refractivity (Wildman–Crippen MR) is 64.8 cm³/mol. The standard InChI is InChI=1S/C12H16N2O3/c1-7(2)10(12(16)17)14-9-5-3-4-8(6-9)11(13)15/h3-7,10,14H,1-2H3,(H2,13,15)(H,16,17). The summed E-state index contributed by atoms with van der Waals surface area (Å²) in [6.07, 6.45) is 0. The molecule has 17 heavy (non-hydrogen) atoms. The first kappa shape index (κ1) is 13.0. The molecule has 1 amide bonds. The molecule has 1 aromatic rings. The van der Waals surface area contributed by atoms with Gasteiger partial charge < -0.3 is 16.2 Å². The van der Waals surface area contributed by atoms with Crippen molar-refractivity contribution in [1.82, 2.24) is 0 Å². The minimum atomic E-state index is -0.926. The van der Waals surface area contributed by atoms with Crippen LogP contribution in [0, 0.1) is 5.92 Å². The van der Waals surface area contributed by atoms with Crippen LogP contribution < -0.4 is 11.1 Å². The monoisotopic (exact) mass is 236 g/mol. The van der Waals surface area contributed by atoms with Crippen LogP contribution in [0.4, 0.5) is 5.69 Å². The maximum Gasteiger partial charge on any atom is 0.326 e. The number of hydrogen-bond acceptors (Lipinski definition) is 3. The lowest BCUT2D eigenvalue weighted by Gasteiger charge is -2.19. The van der Waals surface area contributed by atoms with Gasteiger partial charge in [-0.3, -0.25) is 4.79 Å². The molecule has 5 nitrogen and oxygen atoms in total. The van der Waals surface area contributed by atoms with Crippen LogP contribution in [-0.4, -0.2) is 23.0 Å². The second-order valence-electron chi connectivity index (χ2n) is 4.15. The van der Waals surface area contributed by atoms with E-state index in [0.29, 0.717) is 11.3 Å². The molecule has 0 aliphatic carbocycles. The van der Waals surface area contributed by atoms with Gasteiger partial charge in [0.1, 0.15) is 6.04 Å². The van der Waals surface area contributed by atoms with Crippen LogP contribution in [0.15, 0.2) is 24.3 Å². The van der Waals surface area contributed by atoms with E-state index < -0.39 is 17.9 Å². The molecule has 1 aromatic carbocycles. The second kappa shape index (κ2) is 5.34. The number of carboxylic acids is 1. The van der Waals surface area contributed by atoms with Gasteiger partial charge in [0, 0.05) is 11.3 Å². The first-order valence-electron chi connectivity index (χ1n) is 5.31. The Morgan fingerprint density at radius 1 is 1.35 bits per heavy atom. The van der Waals surface area contributed by atoms with Crippen molar-refractivity contribution >= 4 is 17.6 Å². The Balaban J connectivity index is 2.90. The number of carbonyl (C=O) groups excluding carboxylic acids is 1. The molecule has 1 rings (SSSR count). The van der Waals surface area contributed by atoms with Gasteiger partial charge >= 0.3 is 5.97 Å². The van der Waals surface area contributed by atoms with E-state index in [0.717, 1.165) is 0 Å². The number of amides is 1. The molecule has 0 fully saturated rings. The summed E-state index contributed by atoms with van der Waals surface area (Å²) in [5, 5.41) is 11.9. The van der Waals surface area contributed by atoms with Crippen LogP contribution in [0.2, 0.25) is 0 Å². The number of carbonyl (C=O) groups is 2. The largest absolute Gasteiger partial charge is 0.480 e. The molecule has 1 atom stereocenters. The van der Waals surface area contributed by atoms with E-state index in [4.69, 9.17) is 10.8 Å². The molecule has 0 bridgehead atoms. The van der Waals surface area contributed by atoms with Crippen LogP contribution in [0.25, 0.3) is 0 Å². The number of rotatable bonds is 5. The number of nitrogens with two attached hydrogens (primary N) is 1. The van der Waals surface area contributed by atoms with Crippen LogP contribution >= 0.6 is 0 Å². The summed E-state index contributed by atoms with van der Waals surface area (Å²) in [6.45, 7) is 3.62. The van der Waals surface area contributed by atoms with Gasteiger partial charge in [-0.1, -0.05) is 19.9 Å². The topological polar surface area (TPSA) is 92.4 Å². The fourth-order valence-electron chi connectivity index (χ4n) is 1.46. The highest BCUT2D eigenvalue weighted by atomic mass is 16.4. The molecule has 0 saturated carbocycles. The average molecular weight is 236 g/mol. The SMILES string of the molecule is CC(C)C(Nc1cccc(C(N)=O)c1)C(=O)O. The van der Waals surface area contributed by atoms with Crippen molar-refractivity contribution in [2.24, 2.45) is 11.7 Å². The van der Waals surface area contributed by atoms with E-state index in [-0.39, 0.29) is 5.92 Å². The maximum atomic E-state index is 11.0. The summed E-state index contributed by atoms with van der Waals surface area (Å²) in [4.78, 5) is 22.0. The number of nitrogens with one attached hydrogen (secondary N) is 1. The van der Waals surface area contributed by atoms with Gasteiger partial charge in [0.05, 0.1) is 0 Å². The van der Waals surface area contributed by atoms with Crippen molar-refractivity contribution in [2.45, 2.75) is 19.9 Å². The Hall–Kier alpha value is -2.04. The number of carboxylic acid groups (broad SMARTS) is 1. The third-order valence-electron chi connectivity index (χ3n) is 2.40. The smallest absolute Gasteiger partial charge is 0.326 e. The quantitative estimate of drug-likeness (QED) is 0.718. The van der Waals surface area contributed by atoms with Crippen molar-refractivity contribution < 1.29 is 14.7 Å². The number of anilines is 1. The summed E-state index contributed by atoms with van der Waals surface area (Å²) in [5.41, 5.74) is 6.07. The second-order valence-corrected chi connectivity index (χ2v) is 4.15. The fourth-order valence-corrected chi connectivity index (χ4v) is 1.46. The number of benzene rings is 1.